The summed E-state index contributed by atoms with van der Waals surface area (Å²) in [6.07, 6.45) is 3.96. The van der Waals surface area contributed by atoms with Crippen LogP contribution in [-0.4, -0.2) is 43.9 Å². The van der Waals surface area contributed by atoms with Gasteiger partial charge in [0.05, 0.1) is 5.41 Å². The van der Waals surface area contributed by atoms with Crippen molar-refractivity contribution in [3.8, 4) is 0 Å². The molecule has 1 fully saturated rings. The standard InChI is InChI=1S/C15H28N2O4/c1-14(2,8-9-21-3)10-16-13(20)17-11-15(12(18)19)6-4-5-7-15/h4-11H2,1-3H3,(H,18,19)(H2,16,17,20). The molecule has 0 atom stereocenters. The first-order chi connectivity index (χ1) is 9.81. The SMILES string of the molecule is COCCC(C)(C)CNC(=O)NCC1(C(=O)O)CCCC1. The molecule has 0 aliphatic heterocycles. The van der Waals surface area contributed by atoms with Crippen LogP contribution < -0.4 is 10.6 Å². The van der Waals surface area contributed by atoms with Crippen molar-refractivity contribution in [1.82, 2.24) is 10.6 Å². The van der Waals surface area contributed by atoms with Crippen molar-refractivity contribution in [3.63, 3.8) is 0 Å². The Morgan fingerprint density at radius 2 is 1.86 bits per heavy atom. The number of ether oxygens (including phenoxy) is 1. The van der Waals surface area contributed by atoms with Crippen molar-refractivity contribution >= 4 is 12.0 Å². The van der Waals surface area contributed by atoms with Crippen molar-refractivity contribution in [1.29, 1.82) is 0 Å². The van der Waals surface area contributed by atoms with Gasteiger partial charge in [0.15, 0.2) is 0 Å². The molecule has 0 unspecified atom stereocenters. The molecular weight excluding hydrogens is 272 g/mol. The Kier molecular flexibility index (Phi) is 6.45. The average molecular weight is 300 g/mol. The number of carbonyl (C=O) groups is 2. The Morgan fingerprint density at radius 3 is 2.38 bits per heavy atom. The molecule has 1 aliphatic carbocycles. The number of methoxy groups -OCH3 is 1. The van der Waals surface area contributed by atoms with Gasteiger partial charge < -0.3 is 20.5 Å². The van der Waals surface area contributed by atoms with E-state index < -0.39 is 11.4 Å². The third-order valence-corrected chi connectivity index (χ3v) is 4.31. The second-order valence-corrected chi connectivity index (χ2v) is 6.74. The number of hydrogen-bond donors (Lipinski definition) is 3. The van der Waals surface area contributed by atoms with Crippen molar-refractivity contribution in [2.75, 3.05) is 26.8 Å². The number of carboxylic acids is 1. The number of nitrogens with one attached hydrogen (secondary N) is 2. The van der Waals surface area contributed by atoms with Crippen LogP contribution in [0.5, 0.6) is 0 Å². The highest BCUT2D eigenvalue weighted by atomic mass is 16.5. The van der Waals surface area contributed by atoms with Crippen molar-refractivity contribution in [2.45, 2.75) is 46.0 Å². The van der Waals surface area contributed by atoms with Crippen molar-refractivity contribution in [2.24, 2.45) is 10.8 Å². The molecule has 21 heavy (non-hydrogen) atoms. The lowest BCUT2D eigenvalue weighted by atomic mass is 9.86. The van der Waals surface area contributed by atoms with Gasteiger partial charge >= 0.3 is 12.0 Å². The summed E-state index contributed by atoms with van der Waals surface area (Å²) in [6, 6.07) is -0.298. The minimum absolute atomic E-state index is 0.0504. The molecular formula is C15H28N2O4. The molecule has 0 heterocycles. The van der Waals surface area contributed by atoms with E-state index in [0.29, 0.717) is 26.0 Å². The van der Waals surface area contributed by atoms with Gasteiger partial charge in [-0.15, -0.1) is 0 Å². The zero-order valence-corrected chi connectivity index (χ0v) is 13.3. The predicted molar refractivity (Wildman–Crippen MR) is 80.2 cm³/mol. The highest BCUT2D eigenvalue weighted by Gasteiger charge is 2.41. The van der Waals surface area contributed by atoms with E-state index >= 15 is 0 Å². The molecule has 1 saturated carbocycles. The topological polar surface area (TPSA) is 87.7 Å². The van der Waals surface area contributed by atoms with Gasteiger partial charge in [-0.1, -0.05) is 26.7 Å². The molecule has 0 aromatic carbocycles. The van der Waals surface area contributed by atoms with Gasteiger partial charge in [-0.3, -0.25) is 4.79 Å². The summed E-state index contributed by atoms with van der Waals surface area (Å²) in [5.41, 5.74) is -0.825. The Hall–Kier alpha value is -1.30. The molecule has 1 rings (SSSR count). The summed E-state index contributed by atoms with van der Waals surface area (Å²) >= 11 is 0. The number of aliphatic carboxylic acids is 1. The number of carboxylic acid groups (broad SMARTS) is 1. The molecule has 6 nitrogen and oxygen atoms in total. The third-order valence-electron chi connectivity index (χ3n) is 4.31. The molecule has 0 aromatic rings. The second-order valence-electron chi connectivity index (χ2n) is 6.74. The van der Waals surface area contributed by atoms with E-state index in [1.165, 1.54) is 0 Å². The summed E-state index contributed by atoms with van der Waals surface area (Å²) in [6.45, 7) is 5.50. The lowest BCUT2D eigenvalue weighted by Gasteiger charge is -2.26. The van der Waals surface area contributed by atoms with Crippen LogP contribution in [0.2, 0.25) is 0 Å². The Labute approximate surface area is 126 Å². The average Bonchev–Trinajstić information content (AvgIpc) is 2.91. The summed E-state index contributed by atoms with van der Waals surface area (Å²) in [4.78, 5) is 23.2. The van der Waals surface area contributed by atoms with Crippen LogP contribution in [0.4, 0.5) is 4.79 Å². The minimum Gasteiger partial charge on any atom is -0.481 e. The monoisotopic (exact) mass is 300 g/mol. The number of hydrogen-bond acceptors (Lipinski definition) is 3. The maximum Gasteiger partial charge on any atom is 0.314 e. The summed E-state index contributed by atoms with van der Waals surface area (Å²) < 4.78 is 5.05. The lowest BCUT2D eigenvalue weighted by molar-refractivity contribution is -0.148. The molecule has 6 heteroatoms. The fraction of sp³-hybridized carbons (Fsp3) is 0.867. The lowest BCUT2D eigenvalue weighted by Crippen LogP contribution is -2.47. The van der Waals surface area contributed by atoms with Crippen molar-refractivity contribution < 1.29 is 19.4 Å². The zero-order chi connectivity index (χ0) is 15.9. The third kappa shape index (κ3) is 5.53. The smallest absolute Gasteiger partial charge is 0.314 e. The number of carbonyl (C=O) groups excluding carboxylic acids is 1. The number of amides is 2. The number of urea groups is 1. The Morgan fingerprint density at radius 1 is 1.24 bits per heavy atom. The van der Waals surface area contributed by atoms with E-state index in [1.54, 1.807) is 7.11 Å². The Balaban J connectivity index is 2.35. The summed E-state index contributed by atoms with van der Waals surface area (Å²) in [5, 5.41) is 14.9. The fourth-order valence-corrected chi connectivity index (χ4v) is 2.62. The molecule has 0 aromatic heterocycles. The summed E-state index contributed by atoms with van der Waals surface area (Å²) in [5.74, 6) is -0.805. The van der Waals surface area contributed by atoms with Crippen LogP contribution in [-0.2, 0) is 9.53 Å². The van der Waals surface area contributed by atoms with Crippen LogP contribution in [0.1, 0.15) is 46.0 Å². The highest BCUT2D eigenvalue weighted by molar-refractivity contribution is 5.78. The molecule has 3 N–H and O–H groups in total. The maximum atomic E-state index is 11.8. The van der Waals surface area contributed by atoms with Gasteiger partial charge in [-0.05, 0) is 24.7 Å². The molecule has 0 radical (unpaired) electrons. The molecule has 0 spiro atoms. The first kappa shape index (κ1) is 17.8. The van der Waals surface area contributed by atoms with Gasteiger partial charge in [-0.2, -0.15) is 0 Å². The summed E-state index contributed by atoms with van der Waals surface area (Å²) in [7, 11) is 1.66. The van der Waals surface area contributed by atoms with Gasteiger partial charge in [0.1, 0.15) is 0 Å². The van der Waals surface area contributed by atoms with E-state index in [9.17, 15) is 14.7 Å². The predicted octanol–water partition coefficient (Wildman–Crippen LogP) is 1.99. The van der Waals surface area contributed by atoms with Crippen LogP contribution in [0.3, 0.4) is 0 Å². The maximum absolute atomic E-state index is 11.8. The van der Waals surface area contributed by atoms with Crippen molar-refractivity contribution in [3.05, 3.63) is 0 Å². The van der Waals surface area contributed by atoms with E-state index in [4.69, 9.17) is 4.74 Å². The van der Waals surface area contributed by atoms with Gasteiger partial charge in [-0.25, -0.2) is 4.79 Å². The first-order valence-electron chi connectivity index (χ1n) is 7.55. The second kappa shape index (κ2) is 7.64. The van der Waals surface area contributed by atoms with Gasteiger partial charge in [0, 0.05) is 26.8 Å². The normalized spacial score (nSPS) is 17.5. The van der Waals surface area contributed by atoms with E-state index in [-0.39, 0.29) is 18.0 Å². The molecule has 1 aliphatic rings. The fourth-order valence-electron chi connectivity index (χ4n) is 2.62. The zero-order valence-electron chi connectivity index (χ0n) is 13.3. The molecule has 2 amide bonds. The van der Waals surface area contributed by atoms with Gasteiger partial charge in [0.25, 0.3) is 0 Å². The van der Waals surface area contributed by atoms with Crippen LogP contribution in [0.25, 0.3) is 0 Å². The van der Waals surface area contributed by atoms with Crippen LogP contribution >= 0.6 is 0 Å². The van der Waals surface area contributed by atoms with E-state index in [2.05, 4.69) is 24.5 Å². The van der Waals surface area contributed by atoms with Crippen LogP contribution in [0.15, 0.2) is 0 Å². The number of rotatable bonds is 8. The van der Waals surface area contributed by atoms with Gasteiger partial charge in [0.2, 0.25) is 0 Å². The minimum atomic E-state index is -0.805. The highest BCUT2D eigenvalue weighted by Crippen LogP contribution is 2.37. The first-order valence-corrected chi connectivity index (χ1v) is 7.55. The van der Waals surface area contributed by atoms with E-state index in [1.807, 2.05) is 0 Å². The van der Waals surface area contributed by atoms with Crippen LogP contribution in [0, 0.1) is 10.8 Å². The molecule has 122 valence electrons. The quantitative estimate of drug-likeness (QED) is 0.640. The Bertz CT molecular complexity index is 363. The molecule has 0 saturated heterocycles. The largest absolute Gasteiger partial charge is 0.481 e. The van der Waals surface area contributed by atoms with E-state index in [0.717, 1.165) is 19.3 Å². The molecule has 0 bridgehead atoms.